The number of hydrogen-bond donors (Lipinski definition) is 0. The van der Waals surface area contributed by atoms with Gasteiger partial charge in [-0.05, 0) is 68.4 Å². The summed E-state index contributed by atoms with van der Waals surface area (Å²) in [6.45, 7) is 3.54. The van der Waals surface area contributed by atoms with Gasteiger partial charge in [-0.15, -0.1) is 0 Å². The Bertz CT molecular complexity index is 2550. The molecule has 8 rings (SSSR count). The van der Waals surface area contributed by atoms with Gasteiger partial charge in [0.05, 0.1) is 61.8 Å². The Kier molecular flexibility index (Phi) is 6.81. The third-order valence-corrected chi connectivity index (χ3v) is 8.92. The number of para-hydroxylation sites is 2. The lowest BCUT2D eigenvalue weighted by atomic mass is 10.0. The summed E-state index contributed by atoms with van der Waals surface area (Å²) in [7, 11) is 0. The van der Waals surface area contributed by atoms with Crippen molar-refractivity contribution in [1.82, 2.24) is 19.1 Å². The molecule has 0 aliphatic carbocycles. The number of nitriles is 1. The van der Waals surface area contributed by atoms with Crippen molar-refractivity contribution in [2.75, 3.05) is 0 Å². The highest BCUT2D eigenvalue weighted by molar-refractivity contribution is 6.12. The van der Waals surface area contributed by atoms with Crippen LogP contribution in [0.15, 0.2) is 103 Å². The van der Waals surface area contributed by atoms with Crippen molar-refractivity contribution in [3.8, 4) is 28.8 Å². The summed E-state index contributed by atoms with van der Waals surface area (Å²) in [5, 5.41) is 12.8. The molecule has 0 unspecified atom stereocenters. The highest BCUT2D eigenvalue weighted by atomic mass is 19.4. The molecule has 3 heterocycles. The normalized spacial score (nSPS) is 12.4. The van der Waals surface area contributed by atoms with E-state index in [1.54, 1.807) is 89.7 Å². The Hall–Kier alpha value is -6.15. The van der Waals surface area contributed by atoms with Crippen LogP contribution in [0.1, 0.15) is 28.1 Å². The third-order valence-electron chi connectivity index (χ3n) is 8.92. The summed E-state index contributed by atoms with van der Waals surface area (Å²) in [5.74, 6) is 0.188. The predicted molar refractivity (Wildman–Crippen MR) is 180 cm³/mol. The highest BCUT2D eigenvalue weighted by Gasteiger charge is 2.33. The highest BCUT2D eigenvalue weighted by Crippen LogP contribution is 2.44. The van der Waals surface area contributed by atoms with Crippen molar-refractivity contribution in [1.29, 1.82) is 5.26 Å². The van der Waals surface area contributed by atoms with Gasteiger partial charge in [-0.1, -0.05) is 48.5 Å². The average molecular weight is 676 g/mol. The van der Waals surface area contributed by atoms with Crippen LogP contribution in [0.2, 0.25) is 0 Å². The van der Waals surface area contributed by atoms with Gasteiger partial charge >= 0.3 is 12.4 Å². The molecule has 0 spiro atoms. The molecule has 5 aromatic carbocycles. The molecule has 11 heteroatoms. The smallest absolute Gasteiger partial charge is 0.308 e. The van der Waals surface area contributed by atoms with Gasteiger partial charge in [0.1, 0.15) is 0 Å². The number of fused-ring (bicyclic) bond motifs is 6. The van der Waals surface area contributed by atoms with Crippen molar-refractivity contribution in [2.24, 2.45) is 0 Å². The maximum Gasteiger partial charge on any atom is 0.416 e. The van der Waals surface area contributed by atoms with Gasteiger partial charge in [0, 0.05) is 32.9 Å². The van der Waals surface area contributed by atoms with E-state index in [0.29, 0.717) is 49.5 Å². The zero-order valence-electron chi connectivity index (χ0n) is 26.3. The number of aromatic nitrogens is 4. The number of rotatable bonds is 3. The molecule has 50 heavy (non-hydrogen) atoms. The van der Waals surface area contributed by atoms with Crippen molar-refractivity contribution in [3.63, 3.8) is 0 Å². The fourth-order valence-corrected chi connectivity index (χ4v) is 6.91. The molecule has 3 aromatic heterocycles. The molecular weight excluding hydrogens is 652 g/mol. The molecule has 0 saturated heterocycles. The second-order valence-electron chi connectivity index (χ2n) is 12.1. The first-order chi connectivity index (χ1) is 23.8. The van der Waals surface area contributed by atoms with Gasteiger partial charge in [-0.25, -0.2) is 9.97 Å². The van der Waals surface area contributed by atoms with E-state index in [2.05, 4.69) is 6.07 Å². The standard InChI is InChI=1S/C39H23F6N5/c1-21-15-22(2)48-37(47-21)36-34(49-30-9-5-3-7-26(30)28-13-11-24(18-32(28)49)38(40,41)42)16-23(20-46)17-35(36)50-31-10-6-4-8-27(31)29-14-12-25(19-33(29)50)39(43,44)45/h3-19H,1-2H3. The minimum atomic E-state index is -4.64. The van der Waals surface area contributed by atoms with Crippen LogP contribution < -0.4 is 0 Å². The largest absolute Gasteiger partial charge is 0.416 e. The molecule has 0 N–H and O–H groups in total. The van der Waals surface area contributed by atoms with E-state index in [0.717, 1.165) is 24.3 Å². The van der Waals surface area contributed by atoms with Crippen molar-refractivity contribution in [3.05, 3.63) is 131 Å². The summed E-state index contributed by atoms with van der Waals surface area (Å²) in [6, 6.07) is 28.3. The molecule has 0 amide bonds. The lowest BCUT2D eigenvalue weighted by Crippen LogP contribution is -2.09. The van der Waals surface area contributed by atoms with Crippen molar-refractivity contribution in [2.45, 2.75) is 26.2 Å². The summed E-state index contributed by atoms with van der Waals surface area (Å²) < 4.78 is 88.3. The minimum Gasteiger partial charge on any atom is -0.308 e. The first-order valence-electron chi connectivity index (χ1n) is 15.5. The molecular formula is C39H23F6N5. The molecule has 246 valence electrons. The van der Waals surface area contributed by atoms with Crippen LogP contribution in [0.5, 0.6) is 0 Å². The molecule has 0 radical (unpaired) electrons. The van der Waals surface area contributed by atoms with Crippen molar-refractivity contribution >= 4 is 43.6 Å². The molecule has 0 saturated carbocycles. The number of aryl methyl sites for hydroxylation is 2. The van der Waals surface area contributed by atoms with Crippen LogP contribution in [0.4, 0.5) is 26.3 Å². The van der Waals surface area contributed by atoms with E-state index in [1.165, 1.54) is 12.1 Å². The molecule has 0 aliphatic heterocycles. The SMILES string of the molecule is Cc1cc(C)nc(-c2c(-n3c4ccccc4c4ccc(C(F)(F)F)cc43)cc(C#N)cc2-n2c3ccccc3c3ccc(C(F)(F)F)cc32)n1. The van der Waals surface area contributed by atoms with E-state index >= 15 is 0 Å². The number of alkyl halides is 6. The van der Waals surface area contributed by atoms with E-state index in [-0.39, 0.29) is 33.8 Å². The van der Waals surface area contributed by atoms with E-state index in [9.17, 15) is 31.6 Å². The zero-order valence-corrected chi connectivity index (χ0v) is 26.3. The van der Waals surface area contributed by atoms with Gasteiger partial charge in [0.15, 0.2) is 5.82 Å². The first kappa shape index (κ1) is 31.1. The topological polar surface area (TPSA) is 59.4 Å². The number of hydrogen-bond acceptors (Lipinski definition) is 3. The Balaban J connectivity index is 1.61. The van der Waals surface area contributed by atoms with Crippen LogP contribution in [0.25, 0.3) is 66.4 Å². The Morgan fingerprint density at radius 2 is 0.960 bits per heavy atom. The van der Waals surface area contributed by atoms with Crippen LogP contribution in [0.3, 0.4) is 0 Å². The molecule has 5 nitrogen and oxygen atoms in total. The van der Waals surface area contributed by atoms with E-state index in [4.69, 9.17) is 9.97 Å². The van der Waals surface area contributed by atoms with E-state index < -0.39 is 23.5 Å². The molecule has 0 fully saturated rings. The average Bonchev–Trinajstić information content (AvgIpc) is 3.58. The lowest BCUT2D eigenvalue weighted by Gasteiger charge is -2.20. The van der Waals surface area contributed by atoms with Gasteiger partial charge < -0.3 is 9.13 Å². The minimum absolute atomic E-state index is 0.124. The monoisotopic (exact) mass is 675 g/mol. The van der Waals surface area contributed by atoms with Crippen LogP contribution in [0, 0.1) is 25.2 Å². The summed E-state index contributed by atoms with van der Waals surface area (Å²) >= 11 is 0. The number of benzene rings is 5. The molecule has 0 atom stereocenters. The maximum atomic E-state index is 14.2. The maximum absolute atomic E-state index is 14.2. The summed E-state index contributed by atoms with van der Waals surface area (Å²) in [4.78, 5) is 9.51. The number of halogens is 6. The van der Waals surface area contributed by atoms with Gasteiger partial charge in [-0.2, -0.15) is 31.6 Å². The molecule has 0 bridgehead atoms. The predicted octanol–water partition coefficient (Wildman–Crippen LogP) is 10.9. The quantitative estimate of drug-likeness (QED) is 0.175. The van der Waals surface area contributed by atoms with Crippen molar-refractivity contribution < 1.29 is 26.3 Å². The van der Waals surface area contributed by atoms with Crippen LogP contribution in [-0.2, 0) is 12.4 Å². The summed E-state index contributed by atoms with van der Waals surface area (Å²) in [6.07, 6.45) is -9.29. The fourth-order valence-electron chi connectivity index (χ4n) is 6.91. The summed E-state index contributed by atoms with van der Waals surface area (Å²) in [5.41, 5.74) is 2.01. The Morgan fingerprint density at radius 1 is 0.540 bits per heavy atom. The Morgan fingerprint density at radius 3 is 1.38 bits per heavy atom. The fraction of sp³-hybridized carbons (Fsp3) is 0.103. The van der Waals surface area contributed by atoms with Gasteiger partial charge in [0.2, 0.25) is 0 Å². The van der Waals surface area contributed by atoms with Crippen LogP contribution >= 0.6 is 0 Å². The van der Waals surface area contributed by atoms with E-state index in [1.807, 2.05) is 0 Å². The van der Waals surface area contributed by atoms with Crippen LogP contribution in [-0.4, -0.2) is 19.1 Å². The first-order valence-corrected chi connectivity index (χ1v) is 15.5. The third kappa shape index (κ3) is 4.86. The number of nitrogens with zero attached hydrogens (tertiary/aromatic N) is 5. The van der Waals surface area contributed by atoms with Gasteiger partial charge in [0.25, 0.3) is 0 Å². The van der Waals surface area contributed by atoms with Gasteiger partial charge in [-0.3, -0.25) is 0 Å². The lowest BCUT2D eigenvalue weighted by molar-refractivity contribution is -0.138. The molecule has 0 aliphatic rings. The molecule has 8 aromatic rings. The Labute approximate surface area is 280 Å². The second kappa shape index (κ2) is 10.9. The second-order valence-corrected chi connectivity index (χ2v) is 12.1. The zero-order chi connectivity index (χ0) is 35.1.